The number of hydrogen-bond acceptors (Lipinski definition) is 4. The molecular formula is C26H24FN5O. The summed E-state index contributed by atoms with van der Waals surface area (Å²) in [5.74, 6) is 1.26. The van der Waals surface area contributed by atoms with Gasteiger partial charge in [0.05, 0.1) is 16.8 Å². The fraction of sp³-hybridized carbons (Fsp3) is 0.308. The van der Waals surface area contributed by atoms with Gasteiger partial charge in [-0.25, -0.2) is 4.39 Å². The maximum atomic E-state index is 14.8. The molecule has 6 nitrogen and oxygen atoms in total. The van der Waals surface area contributed by atoms with Gasteiger partial charge in [-0.2, -0.15) is 0 Å². The van der Waals surface area contributed by atoms with Crippen molar-refractivity contribution < 1.29 is 9.18 Å². The topological polar surface area (TPSA) is 72.7 Å². The summed E-state index contributed by atoms with van der Waals surface area (Å²) >= 11 is 0. The van der Waals surface area contributed by atoms with E-state index in [-0.39, 0.29) is 11.6 Å². The molecule has 1 N–H and O–H groups in total. The van der Waals surface area contributed by atoms with Gasteiger partial charge in [-0.1, -0.05) is 24.6 Å². The predicted octanol–water partition coefficient (Wildman–Crippen LogP) is 5.49. The fourth-order valence-corrected chi connectivity index (χ4v) is 4.62. The lowest BCUT2D eigenvalue weighted by Crippen LogP contribution is -2.14. The minimum absolute atomic E-state index is 0.136. The van der Waals surface area contributed by atoms with E-state index in [1.165, 1.54) is 6.07 Å². The van der Waals surface area contributed by atoms with Crippen LogP contribution < -0.4 is 5.32 Å². The number of nitrogens with one attached hydrogen (secondary N) is 1. The molecule has 1 fully saturated rings. The average Bonchev–Trinajstić information content (AvgIpc) is 3.64. The van der Waals surface area contributed by atoms with E-state index < -0.39 is 5.82 Å². The van der Waals surface area contributed by atoms with Crippen molar-refractivity contribution in [2.45, 2.75) is 51.0 Å². The van der Waals surface area contributed by atoms with Gasteiger partial charge in [0.15, 0.2) is 5.82 Å². The lowest BCUT2D eigenvalue weighted by Gasteiger charge is -2.12. The van der Waals surface area contributed by atoms with Crippen molar-refractivity contribution in [1.29, 1.82) is 0 Å². The van der Waals surface area contributed by atoms with Gasteiger partial charge in [0.2, 0.25) is 0 Å². The molecule has 0 atom stereocenters. The maximum Gasteiger partial charge on any atom is 0.256 e. The number of halogens is 1. The number of rotatable bonds is 4. The Morgan fingerprint density at radius 1 is 1.03 bits per heavy atom. The van der Waals surface area contributed by atoms with Crippen LogP contribution >= 0.6 is 0 Å². The lowest BCUT2D eigenvalue weighted by atomic mass is 10.0. The van der Waals surface area contributed by atoms with Gasteiger partial charge in [-0.15, -0.1) is 10.2 Å². The van der Waals surface area contributed by atoms with Crippen LogP contribution in [0.25, 0.3) is 22.3 Å². The Hall–Kier alpha value is -3.61. The second kappa shape index (κ2) is 8.06. The largest absolute Gasteiger partial charge is 0.319 e. The first-order valence-corrected chi connectivity index (χ1v) is 11.6. The number of carbonyl (C=O) groups is 1. The van der Waals surface area contributed by atoms with Crippen molar-refractivity contribution in [1.82, 2.24) is 19.7 Å². The first kappa shape index (κ1) is 20.0. The number of pyridine rings is 1. The van der Waals surface area contributed by atoms with Crippen molar-refractivity contribution in [3.8, 4) is 11.4 Å². The molecule has 0 unspecified atom stereocenters. The first-order valence-electron chi connectivity index (χ1n) is 11.6. The number of benzene rings is 2. The maximum absolute atomic E-state index is 14.8. The van der Waals surface area contributed by atoms with Gasteiger partial charge < -0.3 is 9.88 Å². The zero-order valence-corrected chi connectivity index (χ0v) is 18.2. The Morgan fingerprint density at radius 2 is 1.91 bits per heavy atom. The Kier molecular flexibility index (Phi) is 4.89. The second-order valence-corrected chi connectivity index (χ2v) is 8.94. The van der Waals surface area contributed by atoms with E-state index in [1.807, 2.05) is 30.3 Å². The van der Waals surface area contributed by atoms with Crippen LogP contribution in [0, 0.1) is 5.82 Å². The Bertz CT molecular complexity index is 1370. The van der Waals surface area contributed by atoms with Gasteiger partial charge in [0.1, 0.15) is 11.6 Å². The highest BCUT2D eigenvalue weighted by molar-refractivity contribution is 6.12. The lowest BCUT2D eigenvalue weighted by molar-refractivity contribution is 0.102. The van der Waals surface area contributed by atoms with Gasteiger partial charge in [-0.3, -0.25) is 9.78 Å². The standard InChI is InChI=1S/C26H24FN5O/c27-20-12-11-17(25-31-30-24-8-2-1-5-13-32(24)25)14-23(20)29-26(33)19-15-22(16-9-10-16)28-21-7-4-3-6-18(19)21/h3-4,6-7,11-12,14-16H,1-2,5,8-10,13H2,(H,29,33). The molecule has 7 heteroatoms. The van der Waals surface area contributed by atoms with Gasteiger partial charge >= 0.3 is 0 Å². The molecule has 2 aromatic heterocycles. The molecule has 166 valence electrons. The monoisotopic (exact) mass is 441 g/mol. The number of nitrogens with zero attached hydrogens (tertiary/aromatic N) is 4. The Labute approximate surface area is 190 Å². The van der Waals surface area contributed by atoms with Crippen LogP contribution in [0.4, 0.5) is 10.1 Å². The molecule has 1 aliphatic heterocycles. The SMILES string of the molecule is O=C(Nc1cc(-c2nnc3n2CCCCC3)ccc1F)c1cc(C2CC2)nc2ccccc12. The molecule has 4 aromatic rings. The second-order valence-electron chi connectivity index (χ2n) is 8.94. The Balaban J connectivity index is 1.36. The van der Waals surface area contributed by atoms with Gasteiger partial charge in [-0.05, 0) is 56.0 Å². The van der Waals surface area contributed by atoms with Crippen LogP contribution in [0.5, 0.6) is 0 Å². The molecule has 2 aliphatic rings. The van der Waals surface area contributed by atoms with Crippen LogP contribution in [-0.2, 0) is 13.0 Å². The van der Waals surface area contributed by atoms with Crippen LogP contribution in [0.3, 0.4) is 0 Å². The first-order chi connectivity index (χ1) is 16.2. The molecule has 6 rings (SSSR count). The van der Waals surface area contributed by atoms with Crippen molar-refractivity contribution in [3.63, 3.8) is 0 Å². The summed E-state index contributed by atoms with van der Waals surface area (Å²) in [5.41, 5.74) is 3.11. The number of hydrogen-bond donors (Lipinski definition) is 1. The van der Waals surface area contributed by atoms with Crippen molar-refractivity contribution in [3.05, 3.63) is 71.4 Å². The summed E-state index contributed by atoms with van der Waals surface area (Å²) in [6.45, 7) is 0.851. The van der Waals surface area contributed by atoms with E-state index in [0.717, 1.165) is 73.1 Å². The highest BCUT2D eigenvalue weighted by atomic mass is 19.1. The Morgan fingerprint density at radius 3 is 2.79 bits per heavy atom. The summed E-state index contributed by atoms with van der Waals surface area (Å²) in [6.07, 6.45) is 6.41. The summed E-state index contributed by atoms with van der Waals surface area (Å²) < 4.78 is 16.9. The third-order valence-electron chi connectivity index (χ3n) is 6.56. The molecule has 1 saturated carbocycles. The van der Waals surface area contributed by atoms with Crippen molar-refractivity contribution in [2.24, 2.45) is 0 Å². The number of aryl methyl sites for hydroxylation is 1. The third kappa shape index (κ3) is 3.77. The smallest absolute Gasteiger partial charge is 0.256 e. The van der Waals surface area contributed by atoms with Crippen LogP contribution in [0.2, 0.25) is 0 Å². The third-order valence-corrected chi connectivity index (χ3v) is 6.56. The van der Waals surface area contributed by atoms with E-state index in [1.54, 1.807) is 12.1 Å². The zero-order valence-electron chi connectivity index (χ0n) is 18.2. The number of fused-ring (bicyclic) bond motifs is 2. The molecule has 0 radical (unpaired) electrons. The van der Waals surface area contributed by atoms with Gasteiger partial charge in [0, 0.05) is 35.5 Å². The fourth-order valence-electron chi connectivity index (χ4n) is 4.62. The molecule has 0 saturated heterocycles. The summed E-state index contributed by atoms with van der Waals surface area (Å²) in [5, 5.41) is 12.3. The minimum Gasteiger partial charge on any atom is -0.319 e. The van der Waals surface area contributed by atoms with E-state index in [4.69, 9.17) is 4.98 Å². The zero-order chi connectivity index (χ0) is 22.4. The van der Waals surface area contributed by atoms with Crippen molar-refractivity contribution in [2.75, 3.05) is 5.32 Å². The van der Waals surface area contributed by atoms with Crippen LogP contribution in [0.1, 0.15) is 59.9 Å². The molecule has 3 heterocycles. The highest BCUT2D eigenvalue weighted by Crippen LogP contribution is 2.40. The van der Waals surface area contributed by atoms with E-state index in [0.29, 0.717) is 17.3 Å². The number of carbonyl (C=O) groups excluding carboxylic acids is 1. The van der Waals surface area contributed by atoms with E-state index in [2.05, 4.69) is 20.1 Å². The molecule has 1 aliphatic carbocycles. The molecule has 33 heavy (non-hydrogen) atoms. The summed E-state index contributed by atoms with van der Waals surface area (Å²) in [6, 6.07) is 14.2. The van der Waals surface area contributed by atoms with Gasteiger partial charge in [0.25, 0.3) is 5.91 Å². The summed E-state index contributed by atoms with van der Waals surface area (Å²) in [4.78, 5) is 18.0. The number of aromatic nitrogens is 4. The number of amides is 1. The molecular weight excluding hydrogens is 417 g/mol. The van der Waals surface area contributed by atoms with E-state index in [9.17, 15) is 9.18 Å². The summed E-state index contributed by atoms with van der Waals surface area (Å²) in [7, 11) is 0. The van der Waals surface area contributed by atoms with Crippen LogP contribution in [0.15, 0.2) is 48.5 Å². The molecule has 0 bridgehead atoms. The number of para-hydroxylation sites is 1. The predicted molar refractivity (Wildman–Crippen MR) is 125 cm³/mol. The quantitative estimate of drug-likeness (QED) is 0.455. The highest BCUT2D eigenvalue weighted by Gasteiger charge is 2.27. The molecule has 1 amide bonds. The minimum atomic E-state index is -0.483. The van der Waals surface area contributed by atoms with Crippen molar-refractivity contribution >= 4 is 22.5 Å². The normalized spacial score (nSPS) is 15.8. The average molecular weight is 442 g/mol. The number of anilines is 1. The molecule has 2 aromatic carbocycles. The van der Waals surface area contributed by atoms with E-state index >= 15 is 0 Å². The molecule has 0 spiro atoms. The van der Waals surface area contributed by atoms with Crippen LogP contribution in [-0.4, -0.2) is 25.7 Å².